The Morgan fingerprint density at radius 1 is 1.13 bits per heavy atom. The maximum atomic E-state index is 13.8. The number of likely N-dealkylation sites (tertiary alicyclic amines) is 1. The number of aryl methyl sites for hydroxylation is 1. The minimum Gasteiger partial charge on any atom is -0.496 e. The van der Waals surface area contributed by atoms with Crippen molar-refractivity contribution in [1.82, 2.24) is 9.88 Å². The van der Waals surface area contributed by atoms with Crippen LogP contribution < -0.4 is 9.47 Å². The maximum absolute atomic E-state index is 13.8. The molecule has 0 N–H and O–H groups in total. The lowest BCUT2D eigenvalue weighted by molar-refractivity contribution is 0.122. The van der Waals surface area contributed by atoms with Crippen molar-refractivity contribution in [2.24, 2.45) is 5.92 Å². The van der Waals surface area contributed by atoms with E-state index in [1.165, 1.54) is 6.07 Å². The lowest BCUT2D eigenvalue weighted by Crippen LogP contribution is -2.37. The minimum atomic E-state index is -0.313. The Labute approximate surface area is 176 Å². The molecule has 0 amide bonds. The van der Waals surface area contributed by atoms with Gasteiger partial charge in [-0.25, -0.2) is 9.37 Å². The lowest BCUT2D eigenvalue weighted by atomic mass is 9.99. The van der Waals surface area contributed by atoms with Crippen molar-refractivity contribution < 1.29 is 18.3 Å². The van der Waals surface area contributed by atoms with E-state index in [4.69, 9.17) is 18.9 Å². The molecule has 1 fully saturated rings. The van der Waals surface area contributed by atoms with Crippen molar-refractivity contribution in [3.05, 3.63) is 65.8 Å². The number of benzene rings is 2. The quantitative estimate of drug-likeness (QED) is 0.543. The molecule has 0 saturated carbocycles. The van der Waals surface area contributed by atoms with Crippen molar-refractivity contribution in [2.75, 3.05) is 26.8 Å². The van der Waals surface area contributed by atoms with Gasteiger partial charge in [-0.1, -0.05) is 24.3 Å². The second-order valence-electron chi connectivity index (χ2n) is 7.71. The molecule has 6 heteroatoms. The van der Waals surface area contributed by atoms with Crippen LogP contribution in [0.25, 0.3) is 11.5 Å². The van der Waals surface area contributed by atoms with Gasteiger partial charge in [-0.2, -0.15) is 0 Å². The molecule has 0 bridgehead atoms. The van der Waals surface area contributed by atoms with E-state index in [-0.39, 0.29) is 5.82 Å². The average Bonchev–Trinajstić information content (AvgIpc) is 3.13. The number of piperidine rings is 1. The van der Waals surface area contributed by atoms with Crippen molar-refractivity contribution in [3.63, 3.8) is 0 Å². The number of para-hydroxylation sites is 2. The fourth-order valence-corrected chi connectivity index (χ4v) is 3.92. The first-order valence-electron chi connectivity index (χ1n) is 10.3. The van der Waals surface area contributed by atoms with Crippen LogP contribution >= 0.6 is 0 Å². The number of nitrogens with zero attached hydrogens (tertiary/aromatic N) is 2. The Morgan fingerprint density at radius 3 is 2.70 bits per heavy atom. The SMILES string of the molecule is COc1ccccc1-c1nc(CN2CCC[C@@H](COc3ccccc3F)C2)c(C)o1. The molecule has 3 aromatic rings. The lowest BCUT2D eigenvalue weighted by Gasteiger charge is -2.32. The Hall–Kier alpha value is -2.86. The Morgan fingerprint density at radius 2 is 1.90 bits per heavy atom. The highest BCUT2D eigenvalue weighted by Gasteiger charge is 2.23. The van der Waals surface area contributed by atoms with Crippen molar-refractivity contribution in [3.8, 4) is 23.0 Å². The fourth-order valence-electron chi connectivity index (χ4n) is 3.92. The topological polar surface area (TPSA) is 47.7 Å². The highest BCUT2D eigenvalue weighted by molar-refractivity contribution is 5.62. The third-order valence-corrected chi connectivity index (χ3v) is 5.52. The normalized spacial score (nSPS) is 17.1. The highest BCUT2D eigenvalue weighted by Crippen LogP contribution is 2.31. The molecule has 0 radical (unpaired) electrons. The molecule has 30 heavy (non-hydrogen) atoms. The van der Waals surface area contributed by atoms with Gasteiger partial charge in [-0.3, -0.25) is 4.90 Å². The van der Waals surface area contributed by atoms with E-state index in [2.05, 4.69) is 4.90 Å². The van der Waals surface area contributed by atoms with E-state index in [9.17, 15) is 4.39 Å². The van der Waals surface area contributed by atoms with Crippen LogP contribution in [0.15, 0.2) is 52.9 Å². The van der Waals surface area contributed by atoms with E-state index < -0.39 is 0 Å². The van der Waals surface area contributed by atoms with Crippen LogP contribution in [0.3, 0.4) is 0 Å². The summed E-state index contributed by atoms with van der Waals surface area (Å²) in [6.07, 6.45) is 2.16. The molecule has 0 aliphatic carbocycles. The summed E-state index contributed by atoms with van der Waals surface area (Å²) in [6.45, 7) is 5.09. The third kappa shape index (κ3) is 4.65. The predicted molar refractivity (Wildman–Crippen MR) is 113 cm³/mol. The zero-order chi connectivity index (χ0) is 20.9. The van der Waals surface area contributed by atoms with Gasteiger partial charge < -0.3 is 13.9 Å². The van der Waals surface area contributed by atoms with Gasteiger partial charge in [-0.15, -0.1) is 0 Å². The Bertz CT molecular complexity index is 988. The zero-order valence-electron chi connectivity index (χ0n) is 17.4. The largest absolute Gasteiger partial charge is 0.496 e. The summed E-state index contributed by atoms with van der Waals surface area (Å²) in [4.78, 5) is 7.11. The molecule has 1 saturated heterocycles. The summed E-state index contributed by atoms with van der Waals surface area (Å²) >= 11 is 0. The second-order valence-corrected chi connectivity index (χ2v) is 7.71. The first-order chi connectivity index (χ1) is 14.6. The van der Waals surface area contributed by atoms with E-state index in [1.54, 1.807) is 25.3 Å². The second kappa shape index (κ2) is 9.30. The van der Waals surface area contributed by atoms with Gasteiger partial charge in [0, 0.05) is 19.0 Å². The molecular weight excluding hydrogens is 383 g/mol. The number of hydrogen-bond donors (Lipinski definition) is 0. The monoisotopic (exact) mass is 410 g/mol. The highest BCUT2D eigenvalue weighted by atomic mass is 19.1. The number of aromatic nitrogens is 1. The summed E-state index contributed by atoms with van der Waals surface area (Å²) in [7, 11) is 1.65. The van der Waals surface area contributed by atoms with Gasteiger partial charge in [0.2, 0.25) is 5.89 Å². The maximum Gasteiger partial charge on any atom is 0.230 e. The molecule has 5 nitrogen and oxygen atoms in total. The van der Waals surface area contributed by atoms with E-state index in [0.29, 0.717) is 24.2 Å². The summed E-state index contributed by atoms with van der Waals surface area (Å²) in [5.74, 6) is 2.51. The fraction of sp³-hybridized carbons (Fsp3) is 0.375. The molecule has 0 spiro atoms. The predicted octanol–water partition coefficient (Wildman–Crippen LogP) is 5.09. The van der Waals surface area contributed by atoms with Crippen LogP contribution in [0.5, 0.6) is 11.5 Å². The van der Waals surface area contributed by atoms with Gasteiger partial charge in [0.05, 0.1) is 25.0 Å². The Kier molecular flexibility index (Phi) is 6.33. The van der Waals surface area contributed by atoms with Crippen molar-refractivity contribution in [2.45, 2.75) is 26.3 Å². The molecule has 1 aliphatic heterocycles. The zero-order valence-corrected chi connectivity index (χ0v) is 17.4. The Balaban J connectivity index is 1.39. The summed E-state index contributed by atoms with van der Waals surface area (Å²) in [5, 5.41) is 0. The van der Waals surface area contributed by atoms with Gasteiger partial charge in [0.25, 0.3) is 0 Å². The molecule has 4 rings (SSSR count). The molecular formula is C24H27FN2O3. The van der Waals surface area contributed by atoms with Gasteiger partial charge in [0.1, 0.15) is 11.5 Å². The molecule has 1 atom stereocenters. The molecule has 2 aromatic carbocycles. The molecule has 1 aromatic heterocycles. The molecule has 1 aliphatic rings. The summed E-state index contributed by atoms with van der Waals surface area (Å²) in [5.41, 5.74) is 1.79. The average molecular weight is 410 g/mol. The van der Waals surface area contributed by atoms with Crippen LogP contribution in [-0.4, -0.2) is 36.7 Å². The molecule has 2 heterocycles. The number of halogens is 1. The molecule has 0 unspecified atom stereocenters. The first kappa shape index (κ1) is 20.4. The summed E-state index contributed by atoms with van der Waals surface area (Å²) in [6, 6.07) is 14.3. The van der Waals surface area contributed by atoms with Crippen LogP contribution in [0.4, 0.5) is 4.39 Å². The molecule has 158 valence electrons. The minimum absolute atomic E-state index is 0.313. The van der Waals surface area contributed by atoms with Crippen LogP contribution in [0.2, 0.25) is 0 Å². The first-order valence-corrected chi connectivity index (χ1v) is 10.3. The van der Waals surface area contributed by atoms with Crippen LogP contribution in [0, 0.1) is 18.7 Å². The van der Waals surface area contributed by atoms with E-state index in [0.717, 1.165) is 55.2 Å². The number of methoxy groups -OCH3 is 1. The third-order valence-electron chi connectivity index (χ3n) is 5.52. The smallest absolute Gasteiger partial charge is 0.230 e. The number of rotatable bonds is 7. The van der Waals surface area contributed by atoms with Gasteiger partial charge in [0.15, 0.2) is 11.6 Å². The number of hydrogen-bond acceptors (Lipinski definition) is 5. The van der Waals surface area contributed by atoms with Gasteiger partial charge in [-0.05, 0) is 50.6 Å². The van der Waals surface area contributed by atoms with E-state index in [1.807, 2.05) is 31.2 Å². The van der Waals surface area contributed by atoms with Crippen LogP contribution in [0.1, 0.15) is 24.3 Å². The standard InChI is InChI=1S/C24H27FN2O3/c1-17-21(26-24(30-17)19-9-3-5-11-22(19)28-2)15-27-13-7-8-18(14-27)16-29-23-12-6-4-10-20(23)25/h3-6,9-12,18H,7-8,13-16H2,1-2H3/t18-/m1/s1. The van der Waals surface area contributed by atoms with Crippen molar-refractivity contribution >= 4 is 0 Å². The number of oxazole rings is 1. The van der Waals surface area contributed by atoms with E-state index >= 15 is 0 Å². The van der Waals surface area contributed by atoms with Crippen LogP contribution in [-0.2, 0) is 6.54 Å². The number of ether oxygens (including phenoxy) is 2. The van der Waals surface area contributed by atoms with Gasteiger partial charge >= 0.3 is 0 Å². The van der Waals surface area contributed by atoms with Crippen molar-refractivity contribution in [1.29, 1.82) is 0 Å². The summed E-state index contributed by atoms with van der Waals surface area (Å²) < 4.78 is 30.9.